The van der Waals surface area contributed by atoms with E-state index in [-0.39, 0.29) is 17.9 Å². The van der Waals surface area contributed by atoms with Gasteiger partial charge in [-0.2, -0.15) is 0 Å². The first-order valence-corrected chi connectivity index (χ1v) is 11.4. The van der Waals surface area contributed by atoms with Crippen LogP contribution in [-0.2, 0) is 19.1 Å². The smallest absolute Gasteiger partial charge is 0.306 e. The van der Waals surface area contributed by atoms with Gasteiger partial charge in [0.05, 0.1) is 19.6 Å². The van der Waals surface area contributed by atoms with Gasteiger partial charge in [0.2, 0.25) is 0 Å². The molecule has 0 aliphatic carbocycles. The lowest BCUT2D eigenvalue weighted by molar-refractivity contribution is -0.150. The van der Waals surface area contributed by atoms with Gasteiger partial charge in [0.25, 0.3) is 0 Å². The Bertz CT molecular complexity index is 354. The van der Waals surface area contributed by atoms with Gasteiger partial charge in [0, 0.05) is 12.3 Å². The van der Waals surface area contributed by atoms with Crippen LogP contribution in [0.25, 0.3) is 0 Å². The van der Waals surface area contributed by atoms with E-state index in [1.54, 1.807) is 0 Å². The molecule has 0 amide bonds. The van der Waals surface area contributed by atoms with Crippen LogP contribution in [0.15, 0.2) is 0 Å². The molecule has 27 heavy (non-hydrogen) atoms. The first-order valence-electron chi connectivity index (χ1n) is 11.4. The Hall–Kier alpha value is -1.06. The minimum Gasteiger partial charge on any atom is -0.466 e. The average molecular weight is 385 g/mol. The van der Waals surface area contributed by atoms with E-state index in [4.69, 9.17) is 9.47 Å². The summed E-state index contributed by atoms with van der Waals surface area (Å²) in [5, 5.41) is 0. The zero-order valence-corrected chi connectivity index (χ0v) is 18.2. The summed E-state index contributed by atoms with van der Waals surface area (Å²) in [5.74, 6) is -0.234. The van der Waals surface area contributed by atoms with Crippen LogP contribution in [0.5, 0.6) is 0 Å². The molecule has 0 heterocycles. The monoisotopic (exact) mass is 384 g/mol. The third-order valence-electron chi connectivity index (χ3n) is 5.01. The fourth-order valence-electron chi connectivity index (χ4n) is 3.02. The minimum atomic E-state index is -0.164. The summed E-state index contributed by atoms with van der Waals surface area (Å²) in [6.45, 7) is 7.27. The van der Waals surface area contributed by atoms with Crippen LogP contribution >= 0.6 is 0 Å². The fourth-order valence-corrected chi connectivity index (χ4v) is 3.02. The highest BCUT2D eigenvalue weighted by atomic mass is 16.5. The van der Waals surface area contributed by atoms with E-state index in [1.165, 1.54) is 51.4 Å². The van der Waals surface area contributed by atoms with Crippen molar-refractivity contribution in [1.82, 2.24) is 0 Å². The number of rotatable bonds is 19. The number of hydrogen-bond donors (Lipinski definition) is 0. The molecule has 0 spiro atoms. The number of carbonyl (C=O) groups is 2. The Balaban J connectivity index is 3.68. The Labute approximate surface area is 167 Å². The number of unbranched alkanes of at least 4 members (excludes halogenated alkanes) is 10. The quantitative estimate of drug-likeness (QED) is 0.186. The predicted molar refractivity (Wildman–Crippen MR) is 112 cm³/mol. The fraction of sp³-hybridized carbons (Fsp3) is 0.913. The van der Waals surface area contributed by atoms with Crippen molar-refractivity contribution >= 4 is 11.9 Å². The molecule has 0 saturated heterocycles. The summed E-state index contributed by atoms with van der Waals surface area (Å²) >= 11 is 0. The average Bonchev–Trinajstić information content (AvgIpc) is 2.67. The van der Waals surface area contributed by atoms with Crippen LogP contribution < -0.4 is 0 Å². The number of hydrogen-bond acceptors (Lipinski definition) is 4. The maximum absolute atomic E-state index is 11.9. The normalized spacial score (nSPS) is 12.0. The Kier molecular flexibility index (Phi) is 18.9. The van der Waals surface area contributed by atoms with E-state index in [0.717, 1.165) is 32.1 Å². The molecule has 0 aromatic carbocycles. The van der Waals surface area contributed by atoms with Gasteiger partial charge < -0.3 is 9.47 Å². The second-order valence-corrected chi connectivity index (χ2v) is 7.67. The first-order chi connectivity index (χ1) is 13.1. The van der Waals surface area contributed by atoms with Crippen molar-refractivity contribution in [3.8, 4) is 0 Å². The molecule has 0 aromatic rings. The van der Waals surface area contributed by atoms with Crippen molar-refractivity contribution in [3.05, 3.63) is 0 Å². The second-order valence-electron chi connectivity index (χ2n) is 7.67. The standard InChI is InChI=1S/C23H44O4/c1-4-7-9-11-13-15-17-22(24)27-20-21(6-3)19-23(25)26-18-16-14-12-10-8-5-2/h21H,4-20H2,1-3H3. The summed E-state index contributed by atoms with van der Waals surface area (Å²) in [7, 11) is 0. The van der Waals surface area contributed by atoms with Gasteiger partial charge >= 0.3 is 11.9 Å². The van der Waals surface area contributed by atoms with Crippen molar-refractivity contribution in [2.75, 3.05) is 13.2 Å². The van der Waals surface area contributed by atoms with E-state index in [0.29, 0.717) is 26.1 Å². The van der Waals surface area contributed by atoms with E-state index >= 15 is 0 Å². The molecule has 0 rings (SSSR count). The molecule has 1 atom stereocenters. The molecular formula is C23H44O4. The van der Waals surface area contributed by atoms with Crippen LogP contribution in [0.3, 0.4) is 0 Å². The third kappa shape index (κ3) is 18.1. The topological polar surface area (TPSA) is 52.6 Å². The van der Waals surface area contributed by atoms with Gasteiger partial charge in [-0.1, -0.05) is 85.0 Å². The van der Waals surface area contributed by atoms with Crippen LogP contribution in [0.4, 0.5) is 0 Å². The van der Waals surface area contributed by atoms with Crippen molar-refractivity contribution in [2.45, 2.75) is 117 Å². The lowest BCUT2D eigenvalue weighted by Gasteiger charge is -2.14. The third-order valence-corrected chi connectivity index (χ3v) is 5.01. The van der Waals surface area contributed by atoms with Crippen LogP contribution in [-0.4, -0.2) is 25.2 Å². The predicted octanol–water partition coefficient (Wildman–Crippen LogP) is 6.60. The number of carbonyl (C=O) groups excluding carboxylic acids is 2. The highest BCUT2D eigenvalue weighted by Gasteiger charge is 2.15. The van der Waals surface area contributed by atoms with Crippen molar-refractivity contribution in [3.63, 3.8) is 0 Å². The molecular weight excluding hydrogens is 340 g/mol. The second kappa shape index (κ2) is 19.7. The molecule has 0 N–H and O–H groups in total. The zero-order valence-electron chi connectivity index (χ0n) is 18.2. The lowest BCUT2D eigenvalue weighted by atomic mass is 10.0. The van der Waals surface area contributed by atoms with Crippen LogP contribution in [0, 0.1) is 5.92 Å². The van der Waals surface area contributed by atoms with E-state index < -0.39 is 0 Å². The summed E-state index contributed by atoms with van der Waals surface area (Å²) in [5.41, 5.74) is 0. The summed E-state index contributed by atoms with van der Waals surface area (Å²) in [6, 6.07) is 0. The molecule has 0 aromatic heterocycles. The molecule has 0 aliphatic rings. The van der Waals surface area contributed by atoms with Gasteiger partial charge in [0.15, 0.2) is 0 Å². The Morgan fingerprint density at radius 1 is 0.667 bits per heavy atom. The Morgan fingerprint density at radius 3 is 1.81 bits per heavy atom. The molecule has 0 fully saturated rings. The van der Waals surface area contributed by atoms with Crippen molar-refractivity contribution in [1.29, 1.82) is 0 Å². The lowest BCUT2D eigenvalue weighted by Crippen LogP contribution is -2.18. The maximum Gasteiger partial charge on any atom is 0.306 e. The zero-order chi connectivity index (χ0) is 20.2. The number of ether oxygens (including phenoxy) is 2. The van der Waals surface area contributed by atoms with Gasteiger partial charge in [0.1, 0.15) is 0 Å². The maximum atomic E-state index is 11.9. The molecule has 0 saturated carbocycles. The molecule has 1 unspecified atom stereocenters. The first kappa shape index (κ1) is 25.9. The van der Waals surface area contributed by atoms with E-state index in [9.17, 15) is 9.59 Å². The largest absolute Gasteiger partial charge is 0.466 e. The number of esters is 2. The van der Waals surface area contributed by atoms with Crippen molar-refractivity contribution < 1.29 is 19.1 Å². The van der Waals surface area contributed by atoms with Crippen LogP contribution in [0.2, 0.25) is 0 Å². The van der Waals surface area contributed by atoms with Gasteiger partial charge in [-0.15, -0.1) is 0 Å². The van der Waals surface area contributed by atoms with E-state index in [2.05, 4.69) is 13.8 Å². The summed E-state index contributed by atoms with van der Waals surface area (Å²) in [4.78, 5) is 23.7. The molecule has 160 valence electrons. The van der Waals surface area contributed by atoms with Gasteiger partial charge in [-0.3, -0.25) is 9.59 Å². The van der Waals surface area contributed by atoms with Crippen molar-refractivity contribution in [2.24, 2.45) is 5.92 Å². The minimum absolute atomic E-state index is 0.0653. The highest BCUT2D eigenvalue weighted by molar-refractivity contribution is 5.70. The summed E-state index contributed by atoms with van der Waals surface area (Å²) < 4.78 is 10.7. The Morgan fingerprint density at radius 2 is 1.22 bits per heavy atom. The molecule has 0 aliphatic heterocycles. The van der Waals surface area contributed by atoms with E-state index in [1.807, 2.05) is 6.92 Å². The summed E-state index contributed by atoms with van der Waals surface area (Å²) in [6.07, 6.45) is 15.7. The van der Waals surface area contributed by atoms with Crippen LogP contribution in [0.1, 0.15) is 117 Å². The molecule has 4 heteroatoms. The van der Waals surface area contributed by atoms with Gasteiger partial charge in [-0.05, 0) is 19.3 Å². The molecule has 4 nitrogen and oxygen atoms in total. The molecule has 0 radical (unpaired) electrons. The van der Waals surface area contributed by atoms with Gasteiger partial charge in [-0.25, -0.2) is 0 Å². The highest BCUT2D eigenvalue weighted by Crippen LogP contribution is 2.13. The SMILES string of the molecule is CCCCCCCCOC(=O)CC(CC)COC(=O)CCCCCCCC. The molecule has 0 bridgehead atoms.